The molecule has 0 spiro atoms. The van der Waals surface area contributed by atoms with Gasteiger partial charge in [0, 0.05) is 0 Å². The van der Waals surface area contributed by atoms with Crippen molar-refractivity contribution in [2.24, 2.45) is 50.2 Å². The van der Waals surface area contributed by atoms with Gasteiger partial charge in [-0.1, -0.05) is 67.0 Å². The van der Waals surface area contributed by atoms with Gasteiger partial charge in [0.05, 0.1) is 6.10 Å². The second-order valence-corrected chi connectivity index (χ2v) is 15.3. The molecule has 0 aromatic rings. The smallest absolute Gasteiger partial charge is 0.0594 e. The SMILES string of the molecule is CC1(C)CC[C@]2(C)CC=C3[C@]4(C)CC[C@@H]5C(C)(C)[C@H](O)CC[C@]5(C)[C@H]4CC[C@@]3(C)[C@@H]2C1. The minimum atomic E-state index is -0.122. The van der Waals surface area contributed by atoms with Crippen molar-refractivity contribution in [3.05, 3.63) is 11.6 Å². The lowest BCUT2D eigenvalue weighted by atomic mass is 9.35. The van der Waals surface area contributed by atoms with E-state index in [1.165, 1.54) is 57.8 Å². The Bertz CT molecular complexity index is 790. The molecular formula is C30H50O. The standard InChI is InChI=1S/C30H50O/c1-25(2)17-18-27(5)13-9-21-29(7)14-10-20-26(3,4)24(31)12-16-28(20,6)22(29)11-15-30(21,8)23(27)19-25/h9,20,22-24,31H,10-19H2,1-8H3/t20-,22-,23-,24-,27+,28+,29+,30-/m1/s1. The van der Waals surface area contributed by atoms with Crippen molar-refractivity contribution in [3.8, 4) is 0 Å². The molecule has 0 amide bonds. The largest absolute Gasteiger partial charge is 0.393 e. The van der Waals surface area contributed by atoms with Crippen LogP contribution in [0.15, 0.2) is 11.6 Å². The first-order valence-electron chi connectivity index (χ1n) is 13.6. The molecule has 5 rings (SSSR count). The van der Waals surface area contributed by atoms with Crippen LogP contribution in [0.5, 0.6) is 0 Å². The highest BCUT2D eigenvalue weighted by molar-refractivity contribution is 5.34. The van der Waals surface area contributed by atoms with Crippen LogP contribution >= 0.6 is 0 Å². The highest BCUT2D eigenvalue weighted by Gasteiger charge is 2.66. The van der Waals surface area contributed by atoms with Crippen LogP contribution in [0.4, 0.5) is 0 Å². The van der Waals surface area contributed by atoms with E-state index in [1.807, 2.05) is 5.57 Å². The van der Waals surface area contributed by atoms with Gasteiger partial charge in [-0.15, -0.1) is 0 Å². The zero-order valence-corrected chi connectivity index (χ0v) is 21.9. The van der Waals surface area contributed by atoms with Gasteiger partial charge in [-0.25, -0.2) is 0 Å². The first kappa shape index (κ1) is 22.5. The molecule has 5 aliphatic rings. The second kappa shape index (κ2) is 6.43. The number of hydrogen-bond donors (Lipinski definition) is 1. The molecule has 1 nitrogen and oxygen atoms in total. The van der Waals surface area contributed by atoms with Crippen LogP contribution in [-0.2, 0) is 0 Å². The number of allylic oxidation sites excluding steroid dienone is 2. The maximum atomic E-state index is 10.9. The van der Waals surface area contributed by atoms with Crippen LogP contribution in [0.25, 0.3) is 0 Å². The summed E-state index contributed by atoms with van der Waals surface area (Å²) in [6.07, 6.45) is 15.8. The number of hydrogen-bond acceptors (Lipinski definition) is 1. The summed E-state index contributed by atoms with van der Waals surface area (Å²) in [5.41, 5.74) is 4.07. The Morgan fingerprint density at radius 3 is 2.00 bits per heavy atom. The molecule has 4 saturated carbocycles. The van der Waals surface area contributed by atoms with E-state index in [1.54, 1.807) is 0 Å². The molecule has 0 bridgehead atoms. The van der Waals surface area contributed by atoms with Crippen molar-refractivity contribution in [2.45, 2.75) is 126 Å². The fourth-order valence-corrected chi connectivity index (χ4v) is 10.8. The average Bonchev–Trinajstić information content (AvgIpc) is 2.66. The Balaban J connectivity index is 1.56. The summed E-state index contributed by atoms with van der Waals surface area (Å²) >= 11 is 0. The van der Waals surface area contributed by atoms with Crippen molar-refractivity contribution in [2.75, 3.05) is 0 Å². The summed E-state index contributed by atoms with van der Waals surface area (Å²) in [6.45, 7) is 20.4. The molecule has 176 valence electrons. The maximum Gasteiger partial charge on any atom is 0.0594 e. The monoisotopic (exact) mass is 426 g/mol. The van der Waals surface area contributed by atoms with Gasteiger partial charge in [-0.05, 0) is 114 Å². The number of rotatable bonds is 0. The van der Waals surface area contributed by atoms with Crippen molar-refractivity contribution < 1.29 is 5.11 Å². The van der Waals surface area contributed by atoms with E-state index in [4.69, 9.17) is 0 Å². The Hall–Kier alpha value is -0.300. The van der Waals surface area contributed by atoms with Gasteiger partial charge in [0.15, 0.2) is 0 Å². The molecule has 0 aromatic carbocycles. The fourth-order valence-electron chi connectivity index (χ4n) is 10.8. The zero-order chi connectivity index (χ0) is 22.7. The van der Waals surface area contributed by atoms with Crippen LogP contribution in [0, 0.1) is 50.2 Å². The summed E-state index contributed by atoms with van der Waals surface area (Å²) in [5.74, 6) is 2.29. The fraction of sp³-hybridized carbons (Fsp3) is 0.933. The molecule has 1 N–H and O–H groups in total. The van der Waals surface area contributed by atoms with Crippen LogP contribution in [0.3, 0.4) is 0 Å². The molecule has 0 unspecified atom stereocenters. The van der Waals surface area contributed by atoms with Gasteiger partial charge in [0.2, 0.25) is 0 Å². The third-order valence-corrected chi connectivity index (χ3v) is 12.7. The minimum absolute atomic E-state index is 0.0575. The third-order valence-electron chi connectivity index (χ3n) is 12.7. The van der Waals surface area contributed by atoms with Gasteiger partial charge < -0.3 is 5.11 Å². The second-order valence-electron chi connectivity index (χ2n) is 15.3. The highest BCUT2D eigenvalue weighted by Crippen LogP contribution is 2.74. The first-order valence-corrected chi connectivity index (χ1v) is 13.6. The van der Waals surface area contributed by atoms with Crippen LogP contribution < -0.4 is 0 Å². The zero-order valence-electron chi connectivity index (χ0n) is 21.9. The van der Waals surface area contributed by atoms with E-state index in [9.17, 15) is 5.11 Å². The van der Waals surface area contributed by atoms with E-state index in [2.05, 4.69) is 61.5 Å². The lowest BCUT2D eigenvalue weighted by molar-refractivity contribution is -0.184. The lowest BCUT2D eigenvalue weighted by Crippen LogP contribution is -2.63. The Morgan fingerprint density at radius 1 is 0.710 bits per heavy atom. The molecule has 1 heteroatoms. The maximum absolute atomic E-state index is 10.9. The predicted octanol–water partition coefficient (Wildman–Crippen LogP) is 8.17. The number of aliphatic hydroxyl groups is 1. The van der Waals surface area contributed by atoms with Crippen LogP contribution in [-0.4, -0.2) is 11.2 Å². The van der Waals surface area contributed by atoms with Crippen LogP contribution in [0.1, 0.15) is 120 Å². The lowest BCUT2D eigenvalue weighted by Gasteiger charge is -2.70. The summed E-state index contributed by atoms with van der Waals surface area (Å²) < 4.78 is 0. The van der Waals surface area contributed by atoms with E-state index in [0.717, 1.165) is 18.3 Å². The summed E-state index contributed by atoms with van der Waals surface area (Å²) in [4.78, 5) is 0. The Kier molecular flexibility index (Phi) is 4.66. The molecule has 0 heterocycles. The third kappa shape index (κ3) is 2.83. The molecule has 4 fully saturated rings. The van der Waals surface area contributed by atoms with Gasteiger partial charge in [-0.3, -0.25) is 0 Å². The molecular weight excluding hydrogens is 376 g/mol. The van der Waals surface area contributed by atoms with Gasteiger partial charge in [0.25, 0.3) is 0 Å². The topological polar surface area (TPSA) is 20.2 Å². The van der Waals surface area contributed by atoms with E-state index in [0.29, 0.717) is 33.0 Å². The quantitative estimate of drug-likeness (QED) is 0.387. The molecule has 0 saturated heterocycles. The van der Waals surface area contributed by atoms with Gasteiger partial charge in [0.1, 0.15) is 0 Å². The average molecular weight is 427 g/mol. The number of fused-ring (bicyclic) bond motifs is 7. The summed E-state index contributed by atoms with van der Waals surface area (Å²) in [6, 6.07) is 0. The molecule has 0 radical (unpaired) electrons. The Morgan fingerprint density at radius 2 is 1.32 bits per heavy atom. The summed E-state index contributed by atoms with van der Waals surface area (Å²) in [7, 11) is 0. The van der Waals surface area contributed by atoms with E-state index >= 15 is 0 Å². The van der Waals surface area contributed by atoms with Crippen molar-refractivity contribution in [1.29, 1.82) is 0 Å². The van der Waals surface area contributed by atoms with E-state index in [-0.39, 0.29) is 11.5 Å². The normalized spacial score (nSPS) is 55.2. The van der Waals surface area contributed by atoms with Crippen molar-refractivity contribution in [1.82, 2.24) is 0 Å². The predicted molar refractivity (Wildman–Crippen MR) is 131 cm³/mol. The molecule has 0 aliphatic heterocycles. The molecule has 5 aliphatic carbocycles. The summed E-state index contributed by atoms with van der Waals surface area (Å²) in [5, 5.41) is 10.9. The molecule has 31 heavy (non-hydrogen) atoms. The minimum Gasteiger partial charge on any atom is -0.393 e. The molecule has 0 aromatic heterocycles. The van der Waals surface area contributed by atoms with E-state index < -0.39 is 0 Å². The first-order chi connectivity index (χ1) is 14.2. The van der Waals surface area contributed by atoms with Gasteiger partial charge in [-0.2, -0.15) is 0 Å². The highest BCUT2D eigenvalue weighted by atomic mass is 16.3. The van der Waals surface area contributed by atoms with Crippen molar-refractivity contribution in [3.63, 3.8) is 0 Å². The molecule has 8 atom stereocenters. The van der Waals surface area contributed by atoms with Crippen LogP contribution in [0.2, 0.25) is 0 Å². The van der Waals surface area contributed by atoms with Gasteiger partial charge >= 0.3 is 0 Å². The number of aliphatic hydroxyl groups excluding tert-OH is 1. The van der Waals surface area contributed by atoms with Crippen molar-refractivity contribution >= 4 is 0 Å². The Labute approximate surface area is 192 Å².